The zero-order valence-corrected chi connectivity index (χ0v) is 10.9. The summed E-state index contributed by atoms with van der Waals surface area (Å²) >= 11 is 0. The smallest absolute Gasteiger partial charge is 0.308 e. The van der Waals surface area contributed by atoms with Gasteiger partial charge in [0.1, 0.15) is 11.9 Å². The summed E-state index contributed by atoms with van der Waals surface area (Å²) in [6.45, 7) is 3.93. The lowest BCUT2D eigenvalue weighted by Crippen LogP contribution is -2.07. The maximum Gasteiger partial charge on any atom is 0.345 e. The number of aldehydes is 1. The molecular formula is C12H17O4P. The Bertz CT molecular complexity index is 381. The summed E-state index contributed by atoms with van der Waals surface area (Å²) in [7, 11) is -3.42. The molecule has 0 saturated heterocycles. The first kappa shape index (κ1) is 14.1. The minimum atomic E-state index is -3.42. The van der Waals surface area contributed by atoms with Gasteiger partial charge in [0.15, 0.2) is 0 Å². The van der Waals surface area contributed by atoms with Crippen LogP contribution in [0.4, 0.5) is 0 Å². The molecule has 0 aliphatic heterocycles. The van der Waals surface area contributed by atoms with Crippen LogP contribution in [0.3, 0.4) is 0 Å². The SMILES string of the molecule is CCOP(=O)(OCC)C(C=O)c1ccccc1. The molecular weight excluding hydrogens is 239 g/mol. The molecule has 0 fully saturated rings. The fourth-order valence-electron chi connectivity index (χ4n) is 1.54. The van der Waals surface area contributed by atoms with Gasteiger partial charge in [0, 0.05) is 0 Å². The number of carbonyl (C=O) groups is 1. The van der Waals surface area contributed by atoms with Crippen molar-refractivity contribution in [2.45, 2.75) is 19.5 Å². The molecule has 0 saturated carbocycles. The van der Waals surface area contributed by atoms with Crippen LogP contribution in [0.25, 0.3) is 0 Å². The lowest BCUT2D eigenvalue weighted by atomic mass is 10.2. The molecule has 0 radical (unpaired) electrons. The summed E-state index contributed by atoms with van der Waals surface area (Å²) < 4.78 is 22.8. The lowest BCUT2D eigenvalue weighted by molar-refractivity contribution is -0.108. The molecule has 1 atom stereocenters. The van der Waals surface area contributed by atoms with Crippen molar-refractivity contribution in [2.75, 3.05) is 13.2 Å². The van der Waals surface area contributed by atoms with Crippen LogP contribution in [0, 0.1) is 0 Å². The summed E-state index contributed by atoms with van der Waals surface area (Å²) in [6.07, 6.45) is 0.626. The standard InChI is InChI=1S/C12H17O4P/c1-3-15-17(14,16-4-2)12(10-13)11-8-6-5-7-9-11/h5-10,12H,3-4H2,1-2H3. The van der Waals surface area contributed by atoms with Crippen molar-refractivity contribution in [2.24, 2.45) is 0 Å². The van der Waals surface area contributed by atoms with Gasteiger partial charge < -0.3 is 13.8 Å². The van der Waals surface area contributed by atoms with Gasteiger partial charge in [-0.2, -0.15) is 0 Å². The molecule has 1 rings (SSSR count). The Labute approximate surface area is 101 Å². The van der Waals surface area contributed by atoms with E-state index in [1.165, 1.54) is 0 Å². The second-order valence-electron chi connectivity index (χ2n) is 3.37. The molecule has 0 bridgehead atoms. The van der Waals surface area contributed by atoms with Crippen LogP contribution in [0.2, 0.25) is 0 Å². The number of carbonyl (C=O) groups excluding carboxylic acids is 1. The van der Waals surface area contributed by atoms with Crippen LogP contribution in [-0.2, 0) is 18.4 Å². The average Bonchev–Trinajstić information content (AvgIpc) is 2.31. The number of hydrogen-bond acceptors (Lipinski definition) is 4. The summed E-state index contributed by atoms with van der Waals surface area (Å²) in [5, 5.41) is 0. The first-order valence-electron chi connectivity index (χ1n) is 5.57. The molecule has 0 N–H and O–H groups in total. The largest absolute Gasteiger partial charge is 0.345 e. The molecule has 5 heteroatoms. The van der Waals surface area contributed by atoms with Crippen LogP contribution in [0.1, 0.15) is 25.1 Å². The van der Waals surface area contributed by atoms with E-state index in [1.807, 2.05) is 6.07 Å². The lowest BCUT2D eigenvalue weighted by Gasteiger charge is -2.22. The Morgan fingerprint density at radius 1 is 1.18 bits per heavy atom. The van der Waals surface area contributed by atoms with E-state index in [0.29, 0.717) is 11.8 Å². The second kappa shape index (κ2) is 6.70. The predicted molar refractivity (Wildman–Crippen MR) is 66.1 cm³/mol. The molecule has 1 aromatic carbocycles. The highest BCUT2D eigenvalue weighted by Crippen LogP contribution is 2.59. The highest BCUT2D eigenvalue weighted by atomic mass is 31.2. The topological polar surface area (TPSA) is 52.6 Å². The van der Waals surface area contributed by atoms with Gasteiger partial charge in [0.05, 0.1) is 13.2 Å². The van der Waals surface area contributed by atoms with Gasteiger partial charge in [-0.15, -0.1) is 0 Å². The molecule has 0 aliphatic rings. The van der Waals surface area contributed by atoms with E-state index in [0.717, 1.165) is 0 Å². The number of hydrogen-bond donors (Lipinski definition) is 0. The maximum absolute atomic E-state index is 12.5. The number of rotatable bonds is 7. The van der Waals surface area contributed by atoms with Gasteiger partial charge in [0.2, 0.25) is 0 Å². The molecule has 94 valence electrons. The van der Waals surface area contributed by atoms with Crippen molar-refractivity contribution < 1.29 is 18.4 Å². The Kier molecular flexibility index (Phi) is 5.56. The second-order valence-corrected chi connectivity index (χ2v) is 5.52. The van der Waals surface area contributed by atoms with Gasteiger partial charge in [-0.1, -0.05) is 30.3 Å². The third-order valence-electron chi connectivity index (χ3n) is 2.23. The predicted octanol–water partition coefficient (Wildman–Crippen LogP) is 3.19. The fourth-order valence-corrected chi connectivity index (χ4v) is 3.35. The Morgan fingerprint density at radius 3 is 2.12 bits per heavy atom. The van der Waals surface area contributed by atoms with E-state index in [-0.39, 0.29) is 13.2 Å². The molecule has 0 aromatic heterocycles. The average molecular weight is 256 g/mol. The molecule has 0 aliphatic carbocycles. The molecule has 1 aromatic rings. The highest BCUT2D eigenvalue weighted by molar-refractivity contribution is 7.55. The third-order valence-corrected chi connectivity index (χ3v) is 4.57. The first-order valence-corrected chi connectivity index (χ1v) is 7.18. The van der Waals surface area contributed by atoms with E-state index in [9.17, 15) is 9.36 Å². The summed E-state index contributed by atoms with van der Waals surface area (Å²) in [5.74, 6) is 0. The Balaban J connectivity index is 3.06. The van der Waals surface area contributed by atoms with Crippen molar-refractivity contribution in [1.82, 2.24) is 0 Å². The van der Waals surface area contributed by atoms with Gasteiger partial charge in [-0.3, -0.25) is 4.57 Å². The highest BCUT2D eigenvalue weighted by Gasteiger charge is 2.36. The van der Waals surface area contributed by atoms with Gasteiger partial charge in [-0.05, 0) is 19.4 Å². The van der Waals surface area contributed by atoms with E-state index >= 15 is 0 Å². The van der Waals surface area contributed by atoms with Crippen molar-refractivity contribution in [3.63, 3.8) is 0 Å². The minimum absolute atomic E-state index is 0.244. The molecule has 4 nitrogen and oxygen atoms in total. The van der Waals surface area contributed by atoms with E-state index in [1.54, 1.807) is 38.1 Å². The number of benzene rings is 1. The van der Waals surface area contributed by atoms with Crippen LogP contribution in [0.15, 0.2) is 30.3 Å². The molecule has 0 spiro atoms. The van der Waals surface area contributed by atoms with E-state index < -0.39 is 13.3 Å². The monoisotopic (exact) mass is 256 g/mol. The van der Waals surface area contributed by atoms with Crippen molar-refractivity contribution in [3.8, 4) is 0 Å². The van der Waals surface area contributed by atoms with Crippen LogP contribution >= 0.6 is 7.60 Å². The van der Waals surface area contributed by atoms with E-state index in [2.05, 4.69) is 0 Å². The zero-order valence-electron chi connectivity index (χ0n) is 10.0. The first-order chi connectivity index (χ1) is 8.18. The van der Waals surface area contributed by atoms with Gasteiger partial charge in [-0.25, -0.2) is 0 Å². The summed E-state index contributed by atoms with van der Waals surface area (Å²) in [6, 6.07) is 8.88. The van der Waals surface area contributed by atoms with Crippen LogP contribution in [0.5, 0.6) is 0 Å². The maximum atomic E-state index is 12.5. The third kappa shape index (κ3) is 3.50. The van der Waals surface area contributed by atoms with Crippen LogP contribution < -0.4 is 0 Å². The zero-order chi connectivity index (χ0) is 12.7. The quantitative estimate of drug-likeness (QED) is 0.555. The minimum Gasteiger partial charge on any atom is -0.308 e. The molecule has 1 unspecified atom stereocenters. The van der Waals surface area contributed by atoms with Crippen LogP contribution in [-0.4, -0.2) is 19.5 Å². The van der Waals surface area contributed by atoms with Crippen molar-refractivity contribution in [3.05, 3.63) is 35.9 Å². The Morgan fingerprint density at radius 2 is 1.71 bits per heavy atom. The fraction of sp³-hybridized carbons (Fsp3) is 0.417. The summed E-state index contributed by atoms with van der Waals surface area (Å²) in [4.78, 5) is 11.2. The van der Waals surface area contributed by atoms with Crippen molar-refractivity contribution in [1.29, 1.82) is 0 Å². The normalized spacial score (nSPS) is 13.3. The van der Waals surface area contributed by atoms with E-state index in [4.69, 9.17) is 9.05 Å². The van der Waals surface area contributed by atoms with Gasteiger partial charge in [0.25, 0.3) is 0 Å². The molecule has 0 amide bonds. The Hall–Kier alpha value is -0.960. The summed E-state index contributed by atoms with van der Waals surface area (Å²) in [5.41, 5.74) is -0.212. The molecule has 17 heavy (non-hydrogen) atoms. The van der Waals surface area contributed by atoms with Gasteiger partial charge >= 0.3 is 7.60 Å². The van der Waals surface area contributed by atoms with Crippen molar-refractivity contribution >= 4 is 13.9 Å². The molecule has 0 heterocycles.